The van der Waals surface area contributed by atoms with Crippen LogP contribution in [-0.4, -0.2) is 33.7 Å². The number of aryl methyl sites for hydroxylation is 1. The number of nitrogens with zero attached hydrogens (tertiary/aromatic N) is 2. The van der Waals surface area contributed by atoms with Gasteiger partial charge in [0.05, 0.1) is 11.3 Å². The molecule has 0 unspecified atom stereocenters. The largest absolute Gasteiger partial charge is 0.396 e. The molecule has 8 heteroatoms. The van der Waals surface area contributed by atoms with Gasteiger partial charge in [0.25, 0.3) is 5.91 Å². The molecule has 0 aliphatic heterocycles. The number of nitrogens with one attached hydrogen (secondary N) is 2. The summed E-state index contributed by atoms with van der Waals surface area (Å²) < 4.78 is 16.9. The summed E-state index contributed by atoms with van der Waals surface area (Å²) in [6.07, 6.45) is 1.65. The van der Waals surface area contributed by atoms with E-state index >= 15 is 0 Å². The van der Waals surface area contributed by atoms with Crippen molar-refractivity contribution in [3.05, 3.63) is 51.5 Å². The summed E-state index contributed by atoms with van der Waals surface area (Å²) >= 11 is 2.04. The first kappa shape index (κ1) is 19.6. The number of amides is 1. The Labute approximate surface area is 169 Å². The van der Waals surface area contributed by atoms with Crippen molar-refractivity contribution in [2.24, 2.45) is 13.0 Å². The monoisotopic (exact) mass is 482 g/mol. The minimum Gasteiger partial charge on any atom is -0.396 e. The van der Waals surface area contributed by atoms with Gasteiger partial charge < -0.3 is 20.3 Å². The van der Waals surface area contributed by atoms with Crippen molar-refractivity contribution in [3.8, 4) is 0 Å². The van der Waals surface area contributed by atoms with Gasteiger partial charge in [0.15, 0.2) is 0 Å². The maximum Gasteiger partial charge on any atom is 0.255 e. The Kier molecular flexibility index (Phi) is 5.95. The maximum absolute atomic E-state index is 14.3. The molecule has 2 aromatic heterocycles. The summed E-state index contributed by atoms with van der Waals surface area (Å²) in [6.45, 7) is 2.16. The summed E-state index contributed by atoms with van der Waals surface area (Å²) in [6, 6.07) is 8.41. The van der Waals surface area contributed by atoms with E-state index in [9.17, 15) is 14.3 Å². The lowest BCUT2D eigenvalue weighted by molar-refractivity contribution is 0.0944. The van der Waals surface area contributed by atoms with Gasteiger partial charge >= 0.3 is 0 Å². The van der Waals surface area contributed by atoms with Gasteiger partial charge in [-0.3, -0.25) is 4.79 Å². The molecule has 27 heavy (non-hydrogen) atoms. The predicted octanol–water partition coefficient (Wildman–Crippen LogP) is 3.42. The Bertz CT molecular complexity index is 989. The first-order valence-corrected chi connectivity index (χ1v) is 9.54. The number of hydrogen-bond acceptors (Lipinski definition) is 4. The quantitative estimate of drug-likeness (QED) is 0.471. The molecule has 0 spiro atoms. The first-order chi connectivity index (χ1) is 12.9. The van der Waals surface area contributed by atoms with Gasteiger partial charge in [0, 0.05) is 35.4 Å². The second-order valence-electron chi connectivity index (χ2n) is 6.40. The highest BCUT2D eigenvalue weighted by atomic mass is 127. The molecule has 1 amide bonds. The maximum atomic E-state index is 14.3. The third kappa shape index (κ3) is 4.06. The molecule has 0 bridgehead atoms. The van der Waals surface area contributed by atoms with Crippen LogP contribution in [0.2, 0.25) is 0 Å². The van der Waals surface area contributed by atoms with Crippen LogP contribution in [0.4, 0.5) is 15.9 Å². The molecule has 3 aromatic rings. The number of pyridine rings is 1. The van der Waals surface area contributed by atoms with Crippen LogP contribution in [-0.2, 0) is 7.05 Å². The number of halogens is 2. The van der Waals surface area contributed by atoms with E-state index in [1.807, 2.05) is 35.6 Å². The minimum atomic E-state index is -0.402. The molecule has 0 radical (unpaired) electrons. The number of hydrogen-bond donors (Lipinski definition) is 3. The topological polar surface area (TPSA) is 79.2 Å². The third-order valence-corrected chi connectivity index (χ3v) is 4.95. The Balaban J connectivity index is 2.05. The fraction of sp³-hybridized carbons (Fsp3) is 0.263. The van der Waals surface area contributed by atoms with Crippen molar-refractivity contribution in [2.45, 2.75) is 6.92 Å². The molecule has 142 valence electrons. The standard InChI is InChI=1S/C19H20FIN4O2/c1-11(10-26)9-23-19(27)16-13-4-3-7-22-17(13)25(2)18(16)24-15-6-5-12(21)8-14(15)20/h3-8,11,24,26H,9-10H2,1-2H3,(H,23,27)/t11-/m0/s1. The van der Waals surface area contributed by atoms with Crippen LogP contribution in [0.3, 0.4) is 0 Å². The lowest BCUT2D eigenvalue weighted by Gasteiger charge is -2.13. The molecule has 3 N–H and O–H groups in total. The van der Waals surface area contributed by atoms with Gasteiger partial charge in [-0.15, -0.1) is 0 Å². The molecule has 1 aromatic carbocycles. The molecule has 0 fully saturated rings. The SMILES string of the molecule is C[C@H](CO)CNC(=O)c1c(Nc2ccc(I)cc2F)n(C)c2ncccc12. The molecule has 6 nitrogen and oxygen atoms in total. The summed E-state index contributed by atoms with van der Waals surface area (Å²) in [4.78, 5) is 17.2. The Morgan fingerprint density at radius 3 is 2.89 bits per heavy atom. The van der Waals surface area contributed by atoms with E-state index in [1.54, 1.807) is 36.0 Å². The van der Waals surface area contributed by atoms with Gasteiger partial charge in [-0.1, -0.05) is 6.92 Å². The minimum absolute atomic E-state index is 0.0175. The Hall–Kier alpha value is -2.20. The second-order valence-corrected chi connectivity index (χ2v) is 7.65. The fourth-order valence-electron chi connectivity index (χ4n) is 2.78. The number of anilines is 2. The average Bonchev–Trinajstić information content (AvgIpc) is 2.94. The highest BCUT2D eigenvalue weighted by molar-refractivity contribution is 14.1. The van der Waals surface area contributed by atoms with Gasteiger partial charge in [-0.05, 0) is 58.8 Å². The van der Waals surface area contributed by atoms with Gasteiger partial charge in [-0.25, -0.2) is 9.37 Å². The number of benzene rings is 1. The number of aromatic nitrogens is 2. The third-order valence-electron chi connectivity index (χ3n) is 4.28. The van der Waals surface area contributed by atoms with Crippen LogP contribution in [0.5, 0.6) is 0 Å². The van der Waals surface area contributed by atoms with E-state index in [0.29, 0.717) is 29.0 Å². The number of rotatable bonds is 6. The highest BCUT2D eigenvalue weighted by Gasteiger charge is 2.23. The number of carbonyl (C=O) groups excluding carboxylic acids is 1. The van der Waals surface area contributed by atoms with Gasteiger partial charge in [0.1, 0.15) is 17.3 Å². The van der Waals surface area contributed by atoms with E-state index in [0.717, 1.165) is 3.57 Å². The summed E-state index contributed by atoms with van der Waals surface area (Å²) in [5.41, 5.74) is 1.29. The predicted molar refractivity (Wildman–Crippen MR) is 112 cm³/mol. The van der Waals surface area contributed by atoms with Crippen molar-refractivity contribution in [3.63, 3.8) is 0 Å². The van der Waals surface area contributed by atoms with E-state index in [2.05, 4.69) is 15.6 Å². The number of carbonyl (C=O) groups is 1. The van der Waals surface area contributed by atoms with Crippen molar-refractivity contribution < 1.29 is 14.3 Å². The van der Waals surface area contributed by atoms with E-state index < -0.39 is 5.82 Å². The summed E-state index contributed by atoms with van der Waals surface area (Å²) in [5, 5.41) is 15.7. The molecule has 0 aliphatic carbocycles. The van der Waals surface area contributed by atoms with Gasteiger partial charge in [0.2, 0.25) is 0 Å². The van der Waals surface area contributed by atoms with Crippen molar-refractivity contribution in [1.82, 2.24) is 14.9 Å². The molecular formula is C19H20FIN4O2. The fourth-order valence-corrected chi connectivity index (χ4v) is 3.23. The van der Waals surface area contributed by atoms with Crippen molar-refractivity contribution in [1.29, 1.82) is 0 Å². The lowest BCUT2D eigenvalue weighted by atomic mass is 10.1. The number of aliphatic hydroxyl groups is 1. The molecule has 3 rings (SSSR count). The first-order valence-electron chi connectivity index (χ1n) is 8.47. The normalized spacial score (nSPS) is 12.2. The van der Waals surface area contributed by atoms with E-state index in [-0.39, 0.29) is 24.1 Å². The molecule has 1 atom stereocenters. The van der Waals surface area contributed by atoms with Crippen LogP contribution in [0.1, 0.15) is 17.3 Å². The van der Waals surface area contributed by atoms with E-state index in [1.165, 1.54) is 6.07 Å². The zero-order chi connectivity index (χ0) is 19.6. The number of fused-ring (bicyclic) bond motifs is 1. The van der Waals surface area contributed by atoms with Crippen LogP contribution >= 0.6 is 22.6 Å². The van der Waals surface area contributed by atoms with Crippen LogP contribution < -0.4 is 10.6 Å². The zero-order valence-corrected chi connectivity index (χ0v) is 17.1. The molecule has 2 heterocycles. The van der Waals surface area contributed by atoms with Crippen molar-refractivity contribution >= 4 is 51.0 Å². The van der Waals surface area contributed by atoms with Crippen LogP contribution in [0.25, 0.3) is 11.0 Å². The molecular weight excluding hydrogens is 462 g/mol. The molecule has 0 saturated carbocycles. The zero-order valence-electron chi connectivity index (χ0n) is 15.0. The summed E-state index contributed by atoms with van der Waals surface area (Å²) in [5.74, 6) is -0.312. The average molecular weight is 482 g/mol. The van der Waals surface area contributed by atoms with Crippen molar-refractivity contribution in [2.75, 3.05) is 18.5 Å². The highest BCUT2D eigenvalue weighted by Crippen LogP contribution is 2.31. The van der Waals surface area contributed by atoms with Gasteiger partial charge in [-0.2, -0.15) is 0 Å². The summed E-state index contributed by atoms with van der Waals surface area (Å²) in [7, 11) is 1.77. The van der Waals surface area contributed by atoms with Crippen LogP contribution in [0.15, 0.2) is 36.5 Å². The second kappa shape index (κ2) is 8.22. The molecule has 0 saturated heterocycles. The lowest BCUT2D eigenvalue weighted by Crippen LogP contribution is -2.30. The smallest absolute Gasteiger partial charge is 0.255 e. The Morgan fingerprint density at radius 2 is 2.19 bits per heavy atom. The van der Waals surface area contributed by atoms with E-state index in [4.69, 9.17) is 0 Å². The number of aliphatic hydroxyl groups excluding tert-OH is 1. The Morgan fingerprint density at radius 1 is 1.41 bits per heavy atom. The van der Waals surface area contributed by atoms with Crippen LogP contribution in [0, 0.1) is 15.3 Å². The molecule has 0 aliphatic rings.